The molecule has 0 aliphatic carbocycles. The van der Waals surface area contributed by atoms with Crippen LogP contribution in [0, 0.1) is 0 Å². The summed E-state index contributed by atoms with van der Waals surface area (Å²) in [7, 11) is 0. The number of carbonyl (C=O) groups is 1. The van der Waals surface area contributed by atoms with Crippen LogP contribution in [0.4, 0.5) is 10.6 Å². The van der Waals surface area contributed by atoms with E-state index in [4.69, 9.17) is 16.7 Å². The number of piperidine rings is 1. The summed E-state index contributed by atoms with van der Waals surface area (Å²) in [6, 6.07) is 1.88. The lowest BCUT2D eigenvalue weighted by molar-refractivity contribution is 0.188. The van der Waals surface area contributed by atoms with E-state index in [1.165, 1.54) is 0 Å². The van der Waals surface area contributed by atoms with Crippen LogP contribution in [0.1, 0.15) is 31.9 Å². The lowest BCUT2D eigenvalue weighted by Crippen LogP contribution is -2.47. The van der Waals surface area contributed by atoms with Gasteiger partial charge in [-0.2, -0.15) is 0 Å². The van der Waals surface area contributed by atoms with E-state index in [0.29, 0.717) is 6.54 Å². The Labute approximate surface area is 123 Å². The summed E-state index contributed by atoms with van der Waals surface area (Å²) < 4.78 is 0. The minimum absolute atomic E-state index is 0.0652. The molecule has 1 amide bonds. The van der Waals surface area contributed by atoms with E-state index in [-0.39, 0.29) is 11.3 Å². The predicted molar refractivity (Wildman–Crippen MR) is 77.4 cm³/mol. The van der Waals surface area contributed by atoms with Gasteiger partial charge in [0.05, 0.1) is 0 Å². The van der Waals surface area contributed by atoms with Gasteiger partial charge in [-0.25, -0.2) is 14.8 Å². The van der Waals surface area contributed by atoms with Crippen LogP contribution in [0.25, 0.3) is 0 Å². The number of carboxylic acid groups (broad SMARTS) is 1. The monoisotopic (exact) mass is 298 g/mol. The average molecular weight is 299 g/mol. The first-order chi connectivity index (χ1) is 9.58. The molecule has 0 spiro atoms. The van der Waals surface area contributed by atoms with Crippen molar-refractivity contribution in [2.24, 2.45) is 0 Å². The van der Waals surface area contributed by atoms with E-state index in [0.717, 1.165) is 43.7 Å². The highest BCUT2D eigenvalue weighted by atomic mass is 35.5. The third-order valence-electron chi connectivity index (χ3n) is 3.32. The highest BCUT2D eigenvalue weighted by Crippen LogP contribution is 2.20. The molecular formula is C13H19ClN4O2. The Kier molecular flexibility index (Phi) is 5.00. The summed E-state index contributed by atoms with van der Waals surface area (Å²) >= 11 is 5.97. The summed E-state index contributed by atoms with van der Waals surface area (Å²) in [6.45, 7) is 3.56. The van der Waals surface area contributed by atoms with E-state index < -0.39 is 6.09 Å². The van der Waals surface area contributed by atoms with E-state index >= 15 is 0 Å². The van der Waals surface area contributed by atoms with Gasteiger partial charge in [-0.15, -0.1) is 0 Å². The maximum atomic E-state index is 10.7. The van der Waals surface area contributed by atoms with Gasteiger partial charge >= 0.3 is 6.09 Å². The normalized spacial score (nSPS) is 18.9. The molecular weight excluding hydrogens is 280 g/mol. The van der Waals surface area contributed by atoms with Crippen LogP contribution < -0.4 is 10.2 Å². The van der Waals surface area contributed by atoms with Crippen LogP contribution in [-0.4, -0.2) is 40.3 Å². The molecule has 0 radical (unpaired) electrons. The third-order valence-corrected chi connectivity index (χ3v) is 3.49. The van der Waals surface area contributed by atoms with Gasteiger partial charge in [-0.05, 0) is 30.9 Å². The zero-order valence-electron chi connectivity index (χ0n) is 11.5. The molecule has 2 heterocycles. The molecule has 1 aromatic heterocycles. The van der Waals surface area contributed by atoms with Crippen molar-refractivity contribution in [1.82, 2.24) is 15.3 Å². The first kappa shape index (κ1) is 14.8. The molecule has 2 rings (SSSR count). The quantitative estimate of drug-likeness (QED) is 0.834. The highest BCUT2D eigenvalue weighted by molar-refractivity contribution is 6.28. The second-order valence-electron chi connectivity index (χ2n) is 4.97. The molecule has 0 bridgehead atoms. The maximum absolute atomic E-state index is 10.7. The smallest absolute Gasteiger partial charge is 0.404 e. The van der Waals surface area contributed by atoms with E-state index in [9.17, 15) is 4.79 Å². The molecule has 0 saturated carbocycles. The molecule has 20 heavy (non-hydrogen) atoms. The molecule has 1 saturated heterocycles. The Morgan fingerprint density at radius 2 is 2.40 bits per heavy atom. The molecule has 0 unspecified atom stereocenters. The molecule has 0 aromatic carbocycles. The minimum Gasteiger partial charge on any atom is -0.465 e. The fraction of sp³-hybridized carbons (Fsp3) is 0.615. The number of nitrogens with one attached hydrogen (secondary N) is 1. The number of aromatic nitrogens is 2. The Hall–Kier alpha value is -1.56. The number of anilines is 1. The van der Waals surface area contributed by atoms with Gasteiger partial charge in [-0.1, -0.05) is 13.3 Å². The van der Waals surface area contributed by atoms with Crippen molar-refractivity contribution in [3.05, 3.63) is 17.0 Å². The summed E-state index contributed by atoms with van der Waals surface area (Å²) in [5.74, 6) is 0.783. The van der Waals surface area contributed by atoms with Crippen molar-refractivity contribution >= 4 is 23.5 Å². The largest absolute Gasteiger partial charge is 0.465 e. The Morgan fingerprint density at radius 1 is 1.60 bits per heavy atom. The average Bonchev–Trinajstić information content (AvgIpc) is 2.38. The van der Waals surface area contributed by atoms with E-state index in [1.807, 2.05) is 6.07 Å². The van der Waals surface area contributed by atoms with Crippen LogP contribution in [0.3, 0.4) is 0 Å². The van der Waals surface area contributed by atoms with Gasteiger partial charge in [-0.3, -0.25) is 0 Å². The van der Waals surface area contributed by atoms with Crippen molar-refractivity contribution in [2.75, 3.05) is 18.0 Å². The van der Waals surface area contributed by atoms with Crippen molar-refractivity contribution < 1.29 is 9.90 Å². The van der Waals surface area contributed by atoms with Crippen molar-refractivity contribution in [3.63, 3.8) is 0 Å². The summed E-state index contributed by atoms with van der Waals surface area (Å²) in [4.78, 5) is 21.3. The van der Waals surface area contributed by atoms with Gasteiger partial charge in [0.25, 0.3) is 0 Å². The highest BCUT2D eigenvalue weighted by Gasteiger charge is 2.22. The lowest BCUT2D eigenvalue weighted by Gasteiger charge is -2.33. The molecule has 1 aliphatic heterocycles. The lowest BCUT2D eigenvalue weighted by atomic mass is 10.1. The van der Waals surface area contributed by atoms with E-state index in [2.05, 4.69) is 27.1 Å². The molecule has 110 valence electrons. The molecule has 1 aromatic rings. The second kappa shape index (κ2) is 6.74. The molecule has 1 atom stereocenters. The fourth-order valence-electron chi connectivity index (χ4n) is 2.48. The van der Waals surface area contributed by atoms with Gasteiger partial charge in [0.15, 0.2) is 0 Å². The van der Waals surface area contributed by atoms with Crippen LogP contribution in [0.5, 0.6) is 0 Å². The number of rotatable bonds is 4. The van der Waals surface area contributed by atoms with Crippen molar-refractivity contribution in [1.29, 1.82) is 0 Å². The summed E-state index contributed by atoms with van der Waals surface area (Å²) in [5.41, 5.74) is 0.927. The Morgan fingerprint density at radius 3 is 3.10 bits per heavy atom. The third kappa shape index (κ3) is 3.96. The van der Waals surface area contributed by atoms with Crippen LogP contribution >= 0.6 is 11.6 Å². The molecule has 1 fully saturated rings. The number of hydrogen-bond donors (Lipinski definition) is 2. The van der Waals surface area contributed by atoms with Gasteiger partial charge in [0.2, 0.25) is 5.28 Å². The standard InChI is InChI=1S/C13H19ClN4O2/c1-2-4-9-7-11(17-12(14)15-9)18-6-3-5-10(8-18)16-13(19)20/h7,10,16H,2-6,8H2,1H3,(H,19,20)/t10-/m0/s1. The SMILES string of the molecule is CCCc1cc(N2CCC[C@H](NC(=O)O)C2)nc(Cl)n1. The van der Waals surface area contributed by atoms with Crippen LogP contribution in [0.2, 0.25) is 5.28 Å². The number of amides is 1. The molecule has 7 heteroatoms. The fourth-order valence-corrected chi connectivity index (χ4v) is 2.67. The first-order valence-electron chi connectivity index (χ1n) is 6.86. The number of nitrogens with zero attached hydrogens (tertiary/aromatic N) is 3. The minimum atomic E-state index is -0.982. The van der Waals surface area contributed by atoms with E-state index in [1.54, 1.807) is 0 Å². The Bertz CT molecular complexity index is 483. The van der Waals surface area contributed by atoms with Gasteiger partial charge in [0.1, 0.15) is 5.82 Å². The van der Waals surface area contributed by atoms with Gasteiger partial charge < -0.3 is 15.3 Å². The summed E-state index contributed by atoms with van der Waals surface area (Å²) in [5, 5.41) is 11.6. The predicted octanol–water partition coefficient (Wildman–Crippen LogP) is 2.32. The molecule has 1 aliphatic rings. The van der Waals surface area contributed by atoms with Crippen molar-refractivity contribution in [2.45, 2.75) is 38.6 Å². The summed E-state index contributed by atoms with van der Waals surface area (Å²) in [6.07, 6.45) is 2.65. The van der Waals surface area contributed by atoms with Crippen molar-refractivity contribution in [3.8, 4) is 0 Å². The zero-order chi connectivity index (χ0) is 14.5. The number of aryl methyl sites for hydroxylation is 1. The molecule has 2 N–H and O–H groups in total. The maximum Gasteiger partial charge on any atom is 0.404 e. The van der Waals surface area contributed by atoms with Crippen LogP contribution in [0.15, 0.2) is 6.07 Å². The topological polar surface area (TPSA) is 78.4 Å². The molecule has 6 nitrogen and oxygen atoms in total. The second-order valence-corrected chi connectivity index (χ2v) is 5.31. The van der Waals surface area contributed by atoms with Crippen LogP contribution in [-0.2, 0) is 6.42 Å². The first-order valence-corrected chi connectivity index (χ1v) is 7.24. The number of hydrogen-bond acceptors (Lipinski definition) is 4. The number of halogens is 1. The Balaban J connectivity index is 2.11. The van der Waals surface area contributed by atoms with Gasteiger partial charge in [0, 0.05) is 30.9 Å². The zero-order valence-corrected chi connectivity index (χ0v) is 12.2.